The number of rotatable bonds is 6. The maximum atomic E-state index is 11.0. The molecule has 1 aliphatic rings. The summed E-state index contributed by atoms with van der Waals surface area (Å²) in [5.41, 5.74) is -0.123. The van der Waals surface area contributed by atoms with Crippen LogP contribution in [0.15, 0.2) is 6.20 Å². The Balaban J connectivity index is 2.06. The first kappa shape index (κ1) is 14.4. The second-order valence-electron chi connectivity index (χ2n) is 4.58. The van der Waals surface area contributed by atoms with E-state index in [1.165, 1.54) is 6.20 Å². The molecule has 1 aliphatic heterocycles. The van der Waals surface area contributed by atoms with Crippen molar-refractivity contribution in [2.75, 3.05) is 30.3 Å². The molecular weight excluding hydrogens is 262 g/mol. The third kappa shape index (κ3) is 3.77. The number of anilines is 2. The number of aromatic nitrogens is 2. The van der Waals surface area contributed by atoms with Crippen LogP contribution < -0.4 is 10.6 Å². The lowest BCUT2D eigenvalue weighted by Crippen LogP contribution is -2.27. The molecule has 0 amide bonds. The third-order valence-corrected chi connectivity index (χ3v) is 3.07. The van der Waals surface area contributed by atoms with Gasteiger partial charge in [-0.3, -0.25) is 10.1 Å². The molecule has 8 heteroatoms. The lowest BCUT2D eigenvalue weighted by molar-refractivity contribution is -0.384. The van der Waals surface area contributed by atoms with Crippen molar-refractivity contribution in [2.24, 2.45) is 0 Å². The van der Waals surface area contributed by atoms with Crippen LogP contribution in [-0.4, -0.2) is 40.7 Å². The highest BCUT2D eigenvalue weighted by Gasteiger charge is 2.19. The minimum atomic E-state index is -0.486. The zero-order valence-electron chi connectivity index (χ0n) is 11.5. The van der Waals surface area contributed by atoms with Crippen molar-refractivity contribution in [3.63, 3.8) is 0 Å². The van der Waals surface area contributed by atoms with Crippen LogP contribution in [0.2, 0.25) is 0 Å². The first-order valence-electron chi connectivity index (χ1n) is 6.81. The summed E-state index contributed by atoms with van der Waals surface area (Å²) in [7, 11) is 0. The molecule has 0 saturated carbocycles. The van der Waals surface area contributed by atoms with E-state index in [1.54, 1.807) is 0 Å². The third-order valence-electron chi connectivity index (χ3n) is 3.07. The Bertz CT molecular complexity index is 462. The summed E-state index contributed by atoms with van der Waals surface area (Å²) in [5.74, 6) is 0.611. The first-order valence-corrected chi connectivity index (χ1v) is 6.81. The van der Waals surface area contributed by atoms with Gasteiger partial charge < -0.3 is 15.4 Å². The van der Waals surface area contributed by atoms with E-state index in [0.717, 1.165) is 25.9 Å². The monoisotopic (exact) mass is 281 g/mol. The van der Waals surface area contributed by atoms with Gasteiger partial charge in [0.2, 0.25) is 11.8 Å². The molecule has 1 unspecified atom stereocenters. The Morgan fingerprint density at radius 1 is 1.50 bits per heavy atom. The van der Waals surface area contributed by atoms with Crippen LogP contribution >= 0.6 is 0 Å². The van der Waals surface area contributed by atoms with Gasteiger partial charge in [0, 0.05) is 19.7 Å². The fourth-order valence-corrected chi connectivity index (χ4v) is 2.06. The topological polar surface area (TPSA) is 102 Å². The Labute approximate surface area is 117 Å². The summed E-state index contributed by atoms with van der Waals surface area (Å²) in [4.78, 5) is 18.5. The Morgan fingerprint density at radius 2 is 2.35 bits per heavy atom. The van der Waals surface area contributed by atoms with Gasteiger partial charge in [-0.05, 0) is 26.2 Å². The molecule has 20 heavy (non-hydrogen) atoms. The van der Waals surface area contributed by atoms with E-state index in [4.69, 9.17) is 4.74 Å². The molecule has 2 heterocycles. The minimum Gasteiger partial charge on any atom is -0.376 e. The van der Waals surface area contributed by atoms with Gasteiger partial charge in [0.1, 0.15) is 6.20 Å². The number of ether oxygens (including phenoxy) is 1. The molecule has 0 aromatic carbocycles. The zero-order chi connectivity index (χ0) is 14.4. The van der Waals surface area contributed by atoms with Crippen molar-refractivity contribution in [2.45, 2.75) is 32.3 Å². The van der Waals surface area contributed by atoms with Gasteiger partial charge in [0.05, 0.1) is 11.0 Å². The highest BCUT2D eigenvalue weighted by molar-refractivity contribution is 5.56. The minimum absolute atomic E-state index is 0.0842. The van der Waals surface area contributed by atoms with Crippen molar-refractivity contribution in [1.82, 2.24) is 9.97 Å². The van der Waals surface area contributed by atoms with Gasteiger partial charge in [-0.2, -0.15) is 4.98 Å². The molecule has 1 atom stereocenters. The molecule has 1 aromatic rings. The predicted molar refractivity (Wildman–Crippen MR) is 74.9 cm³/mol. The standard InChI is InChI=1S/C12H19N5O3/c1-2-13-12-15-8-10(17(18)19)11(16-12)14-7-9-5-3-4-6-20-9/h8-9H,2-7H2,1H3,(H2,13,14,15,16). The maximum Gasteiger partial charge on any atom is 0.329 e. The van der Waals surface area contributed by atoms with E-state index in [9.17, 15) is 10.1 Å². The quantitative estimate of drug-likeness (QED) is 0.605. The van der Waals surface area contributed by atoms with Crippen molar-refractivity contribution < 1.29 is 9.66 Å². The van der Waals surface area contributed by atoms with E-state index >= 15 is 0 Å². The summed E-state index contributed by atoms with van der Waals surface area (Å²) < 4.78 is 5.59. The van der Waals surface area contributed by atoms with E-state index in [-0.39, 0.29) is 17.6 Å². The van der Waals surface area contributed by atoms with Crippen LogP contribution in [0, 0.1) is 10.1 Å². The largest absolute Gasteiger partial charge is 0.376 e. The summed E-state index contributed by atoms with van der Waals surface area (Å²) >= 11 is 0. The SMILES string of the molecule is CCNc1ncc([N+](=O)[O-])c(NCC2CCCCO2)n1. The molecule has 0 aliphatic carbocycles. The van der Waals surface area contributed by atoms with Gasteiger partial charge in [0.25, 0.3) is 0 Å². The molecule has 0 spiro atoms. The Hall–Kier alpha value is -1.96. The number of nitro groups is 1. The zero-order valence-corrected chi connectivity index (χ0v) is 11.5. The molecular formula is C12H19N5O3. The van der Waals surface area contributed by atoms with Crippen LogP contribution in [0.1, 0.15) is 26.2 Å². The van der Waals surface area contributed by atoms with E-state index in [2.05, 4.69) is 20.6 Å². The van der Waals surface area contributed by atoms with E-state index in [0.29, 0.717) is 19.0 Å². The normalized spacial score (nSPS) is 18.6. The smallest absolute Gasteiger partial charge is 0.329 e. The molecule has 8 nitrogen and oxygen atoms in total. The number of hydrogen-bond acceptors (Lipinski definition) is 7. The molecule has 1 saturated heterocycles. The summed E-state index contributed by atoms with van der Waals surface area (Å²) in [6.45, 7) is 3.83. The second kappa shape index (κ2) is 6.99. The van der Waals surface area contributed by atoms with Crippen molar-refractivity contribution in [1.29, 1.82) is 0 Å². The summed E-state index contributed by atoms with van der Waals surface area (Å²) in [6.07, 6.45) is 4.47. The summed E-state index contributed by atoms with van der Waals surface area (Å²) in [6, 6.07) is 0. The molecule has 0 bridgehead atoms. The van der Waals surface area contributed by atoms with Crippen molar-refractivity contribution in [3.05, 3.63) is 16.3 Å². The molecule has 2 rings (SSSR count). The number of nitrogens with one attached hydrogen (secondary N) is 2. The second-order valence-corrected chi connectivity index (χ2v) is 4.58. The fourth-order valence-electron chi connectivity index (χ4n) is 2.06. The molecule has 1 fully saturated rings. The fraction of sp³-hybridized carbons (Fsp3) is 0.667. The van der Waals surface area contributed by atoms with Crippen LogP contribution in [0.4, 0.5) is 17.5 Å². The predicted octanol–water partition coefficient (Wildman–Crippen LogP) is 1.80. The van der Waals surface area contributed by atoms with Crippen molar-refractivity contribution in [3.8, 4) is 0 Å². The van der Waals surface area contributed by atoms with Gasteiger partial charge in [-0.15, -0.1) is 0 Å². The molecule has 110 valence electrons. The molecule has 1 aromatic heterocycles. The van der Waals surface area contributed by atoms with Gasteiger partial charge in [-0.25, -0.2) is 4.98 Å². The average molecular weight is 281 g/mol. The Kier molecular flexibility index (Phi) is 5.05. The maximum absolute atomic E-state index is 11.0. The van der Waals surface area contributed by atoms with Gasteiger partial charge in [-0.1, -0.05) is 0 Å². The van der Waals surface area contributed by atoms with E-state index in [1.807, 2.05) is 6.92 Å². The van der Waals surface area contributed by atoms with Crippen LogP contribution in [-0.2, 0) is 4.74 Å². The van der Waals surface area contributed by atoms with Gasteiger partial charge >= 0.3 is 5.69 Å². The first-order chi connectivity index (χ1) is 9.70. The van der Waals surface area contributed by atoms with Crippen LogP contribution in [0.3, 0.4) is 0 Å². The average Bonchev–Trinajstić information content (AvgIpc) is 2.46. The Morgan fingerprint density at radius 3 is 3.00 bits per heavy atom. The van der Waals surface area contributed by atoms with Gasteiger partial charge in [0.15, 0.2) is 0 Å². The lowest BCUT2D eigenvalue weighted by atomic mass is 10.1. The van der Waals surface area contributed by atoms with Crippen molar-refractivity contribution >= 4 is 17.5 Å². The summed E-state index contributed by atoms with van der Waals surface area (Å²) in [5, 5.41) is 16.9. The molecule has 0 radical (unpaired) electrons. The highest BCUT2D eigenvalue weighted by atomic mass is 16.6. The van der Waals surface area contributed by atoms with Crippen LogP contribution in [0.25, 0.3) is 0 Å². The number of hydrogen-bond donors (Lipinski definition) is 2. The van der Waals surface area contributed by atoms with E-state index < -0.39 is 4.92 Å². The highest BCUT2D eigenvalue weighted by Crippen LogP contribution is 2.22. The number of nitrogens with zero attached hydrogens (tertiary/aromatic N) is 3. The van der Waals surface area contributed by atoms with Crippen LogP contribution in [0.5, 0.6) is 0 Å². The molecule has 2 N–H and O–H groups in total. The lowest BCUT2D eigenvalue weighted by Gasteiger charge is -2.22.